The summed E-state index contributed by atoms with van der Waals surface area (Å²) in [6.07, 6.45) is 0. The Morgan fingerprint density at radius 2 is 2.33 bits per heavy atom. The van der Waals surface area contributed by atoms with Crippen molar-refractivity contribution >= 4 is 0 Å². The fourth-order valence-electron chi connectivity index (χ4n) is 0.856. The van der Waals surface area contributed by atoms with Crippen molar-refractivity contribution in [3.05, 3.63) is 23.5 Å². The van der Waals surface area contributed by atoms with Crippen LogP contribution >= 0.6 is 0 Å². The van der Waals surface area contributed by atoms with E-state index in [0.29, 0.717) is 0 Å². The molecule has 50 valence electrons. The highest BCUT2D eigenvalue weighted by Crippen LogP contribution is 1.98. The standard InChI is InChI=1S/C7H12N2/c1-6-3-4-7(9-6)5-8-2/h3-4,8-9H,5H2,1-2H3. The quantitative estimate of drug-likeness (QED) is 0.605. The van der Waals surface area contributed by atoms with Gasteiger partial charge in [-0.25, -0.2) is 0 Å². The van der Waals surface area contributed by atoms with E-state index in [0.717, 1.165) is 6.54 Å². The zero-order chi connectivity index (χ0) is 6.69. The molecule has 1 aromatic heterocycles. The molecule has 0 aliphatic heterocycles. The first kappa shape index (κ1) is 6.36. The van der Waals surface area contributed by atoms with E-state index in [9.17, 15) is 0 Å². The van der Waals surface area contributed by atoms with E-state index in [1.54, 1.807) is 0 Å². The molecule has 0 saturated heterocycles. The van der Waals surface area contributed by atoms with E-state index in [1.165, 1.54) is 11.4 Å². The average Bonchev–Trinajstić information content (AvgIpc) is 2.17. The van der Waals surface area contributed by atoms with Gasteiger partial charge in [-0.15, -0.1) is 0 Å². The van der Waals surface area contributed by atoms with Crippen LogP contribution in [0.4, 0.5) is 0 Å². The van der Waals surface area contributed by atoms with Gasteiger partial charge in [0.2, 0.25) is 0 Å². The van der Waals surface area contributed by atoms with Gasteiger partial charge < -0.3 is 10.3 Å². The maximum Gasteiger partial charge on any atom is 0.0354 e. The highest BCUT2D eigenvalue weighted by molar-refractivity contribution is 5.10. The van der Waals surface area contributed by atoms with Gasteiger partial charge in [0.05, 0.1) is 0 Å². The number of rotatable bonds is 2. The monoisotopic (exact) mass is 124 g/mol. The summed E-state index contributed by atoms with van der Waals surface area (Å²) in [7, 11) is 1.94. The molecule has 2 heteroatoms. The van der Waals surface area contributed by atoms with Gasteiger partial charge in [-0.1, -0.05) is 0 Å². The molecule has 0 bridgehead atoms. The molecule has 0 aliphatic rings. The Morgan fingerprint density at radius 1 is 1.56 bits per heavy atom. The summed E-state index contributed by atoms with van der Waals surface area (Å²) >= 11 is 0. The number of hydrogen-bond donors (Lipinski definition) is 2. The molecule has 1 aromatic rings. The van der Waals surface area contributed by atoms with Gasteiger partial charge >= 0.3 is 0 Å². The van der Waals surface area contributed by atoms with Crippen LogP contribution in [-0.4, -0.2) is 12.0 Å². The third-order valence-electron chi connectivity index (χ3n) is 1.26. The minimum atomic E-state index is 0.924. The van der Waals surface area contributed by atoms with Crippen molar-refractivity contribution in [3.8, 4) is 0 Å². The normalized spacial score (nSPS) is 10.0. The van der Waals surface area contributed by atoms with E-state index in [-0.39, 0.29) is 0 Å². The van der Waals surface area contributed by atoms with Crippen LogP contribution in [0.15, 0.2) is 12.1 Å². The van der Waals surface area contributed by atoms with Gasteiger partial charge in [0.25, 0.3) is 0 Å². The zero-order valence-electron chi connectivity index (χ0n) is 5.86. The molecule has 0 fully saturated rings. The van der Waals surface area contributed by atoms with Gasteiger partial charge in [-0.2, -0.15) is 0 Å². The minimum Gasteiger partial charge on any atom is -0.361 e. The molecular weight excluding hydrogens is 112 g/mol. The first-order chi connectivity index (χ1) is 4.33. The zero-order valence-corrected chi connectivity index (χ0v) is 5.86. The van der Waals surface area contributed by atoms with Crippen LogP contribution in [0.3, 0.4) is 0 Å². The fraction of sp³-hybridized carbons (Fsp3) is 0.429. The smallest absolute Gasteiger partial charge is 0.0354 e. The average molecular weight is 124 g/mol. The molecule has 1 heterocycles. The molecule has 0 atom stereocenters. The Kier molecular flexibility index (Phi) is 1.90. The molecule has 0 aliphatic carbocycles. The molecule has 2 nitrogen and oxygen atoms in total. The summed E-state index contributed by atoms with van der Waals surface area (Å²) in [5, 5.41) is 3.07. The number of aromatic nitrogens is 1. The van der Waals surface area contributed by atoms with Crippen LogP contribution in [0, 0.1) is 6.92 Å². The van der Waals surface area contributed by atoms with Crippen LogP contribution in [0.25, 0.3) is 0 Å². The summed E-state index contributed by atoms with van der Waals surface area (Å²) in [6.45, 7) is 2.98. The second-order valence-electron chi connectivity index (χ2n) is 2.20. The Labute approximate surface area is 55.3 Å². The van der Waals surface area contributed by atoms with Gasteiger partial charge in [-0.3, -0.25) is 0 Å². The first-order valence-corrected chi connectivity index (χ1v) is 3.12. The van der Waals surface area contributed by atoms with Crippen molar-refractivity contribution in [1.29, 1.82) is 0 Å². The highest BCUT2D eigenvalue weighted by Gasteiger charge is 1.90. The van der Waals surface area contributed by atoms with Crippen molar-refractivity contribution in [2.24, 2.45) is 0 Å². The SMILES string of the molecule is CNCc1ccc(C)[nH]1. The Hall–Kier alpha value is -0.760. The lowest BCUT2D eigenvalue weighted by molar-refractivity contribution is 0.795. The highest BCUT2D eigenvalue weighted by atomic mass is 14.9. The number of aromatic amines is 1. The summed E-state index contributed by atoms with van der Waals surface area (Å²) < 4.78 is 0. The van der Waals surface area contributed by atoms with Crippen molar-refractivity contribution in [3.63, 3.8) is 0 Å². The third kappa shape index (κ3) is 1.57. The lowest BCUT2D eigenvalue weighted by Crippen LogP contribution is -2.04. The number of hydrogen-bond acceptors (Lipinski definition) is 1. The van der Waals surface area contributed by atoms with Crippen LogP contribution in [0.5, 0.6) is 0 Å². The third-order valence-corrected chi connectivity index (χ3v) is 1.26. The van der Waals surface area contributed by atoms with E-state index in [2.05, 4.69) is 29.4 Å². The largest absolute Gasteiger partial charge is 0.361 e. The first-order valence-electron chi connectivity index (χ1n) is 3.12. The van der Waals surface area contributed by atoms with E-state index < -0.39 is 0 Å². The lowest BCUT2D eigenvalue weighted by atomic mass is 10.4. The second kappa shape index (κ2) is 2.69. The number of nitrogens with one attached hydrogen (secondary N) is 2. The van der Waals surface area contributed by atoms with E-state index in [1.807, 2.05) is 7.05 Å². The Bertz CT molecular complexity index is 179. The molecule has 0 unspecified atom stereocenters. The van der Waals surface area contributed by atoms with Crippen molar-refractivity contribution < 1.29 is 0 Å². The molecular formula is C7H12N2. The molecule has 2 N–H and O–H groups in total. The summed E-state index contributed by atoms with van der Waals surface area (Å²) in [6, 6.07) is 4.17. The molecule has 0 spiro atoms. The molecule has 0 radical (unpaired) electrons. The molecule has 0 amide bonds. The topological polar surface area (TPSA) is 27.8 Å². The maximum absolute atomic E-state index is 3.21. The number of aryl methyl sites for hydroxylation is 1. The summed E-state index contributed by atoms with van der Waals surface area (Å²) in [4.78, 5) is 3.21. The number of H-pyrrole nitrogens is 1. The van der Waals surface area contributed by atoms with Gasteiger partial charge in [0, 0.05) is 17.9 Å². The molecule has 1 rings (SSSR count). The minimum absolute atomic E-state index is 0.924. The fourth-order valence-corrected chi connectivity index (χ4v) is 0.856. The van der Waals surface area contributed by atoms with Crippen molar-refractivity contribution in [1.82, 2.24) is 10.3 Å². The van der Waals surface area contributed by atoms with Crippen molar-refractivity contribution in [2.75, 3.05) is 7.05 Å². The van der Waals surface area contributed by atoms with E-state index in [4.69, 9.17) is 0 Å². The Balaban J connectivity index is 2.61. The van der Waals surface area contributed by atoms with Crippen LogP contribution < -0.4 is 5.32 Å². The summed E-state index contributed by atoms with van der Waals surface area (Å²) in [5.74, 6) is 0. The van der Waals surface area contributed by atoms with Crippen molar-refractivity contribution in [2.45, 2.75) is 13.5 Å². The Morgan fingerprint density at radius 3 is 2.78 bits per heavy atom. The predicted octanol–water partition coefficient (Wildman–Crippen LogP) is 1.04. The lowest BCUT2D eigenvalue weighted by Gasteiger charge is -1.92. The summed E-state index contributed by atoms with van der Waals surface area (Å²) in [5.41, 5.74) is 2.47. The predicted molar refractivity (Wildman–Crippen MR) is 38.3 cm³/mol. The second-order valence-corrected chi connectivity index (χ2v) is 2.20. The van der Waals surface area contributed by atoms with E-state index >= 15 is 0 Å². The molecule has 9 heavy (non-hydrogen) atoms. The van der Waals surface area contributed by atoms with Gasteiger partial charge in [-0.05, 0) is 26.1 Å². The van der Waals surface area contributed by atoms with Crippen LogP contribution in [-0.2, 0) is 6.54 Å². The van der Waals surface area contributed by atoms with Crippen LogP contribution in [0.1, 0.15) is 11.4 Å². The van der Waals surface area contributed by atoms with Crippen LogP contribution in [0.2, 0.25) is 0 Å². The van der Waals surface area contributed by atoms with Gasteiger partial charge in [0.15, 0.2) is 0 Å². The maximum atomic E-state index is 3.21. The molecule has 0 saturated carbocycles. The van der Waals surface area contributed by atoms with Gasteiger partial charge in [0.1, 0.15) is 0 Å². The molecule has 0 aromatic carbocycles.